The highest BCUT2D eigenvalue weighted by Gasteiger charge is 2.34. The minimum atomic E-state index is -3.57. The standard InChI is InChI=1S/C17H22ClN3O3S/c1-12-17(14(3)24-19-12)25(22,23)21-9-7-20(8-10-21)13(2)15-5-4-6-16(18)11-15/h4-6,11,13H,7-10H2,1-3H3/t13-/m0/s1. The van der Waals surface area contributed by atoms with Crippen LogP contribution in [0.15, 0.2) is 33.7 Å². The number of hydrogen-bond donors (Lipinski definition) is 0. The molecule has 8 heteroatoms. The highest BCUT2D eigenvalue weighted by atomic mass is 35.5. The Balaban J connectivity index is 1.71. The minimum Gasteiger partial charge on any atom is -0.360 e. The summed E-state index contributed by atoms with van der Waals surface area (Å²) in [4.78, 5) is 2.47. The topological polar surface area (TPSA) is 66.7 Å². The van der Waals surface area contributed by atoms with Crippen LogP contribution >= 0.6 is 11.6 Å². The number of piperazine rings is 1. The fraction of sp³-hybridized carbons (Fsp3) is 0.471. The number of nitrogens with zero attached hydrogens (tertiary/aromatic N) is 3. The van der Waals surface area contributed by atoms with Crippen molar-refractivity contribution >= 4 is 21.6 Å². The van der Waals surface area contributed by atoms with Crippen LogP contribution in [0.25, 0.3) is 0 Å². The van der Waals surface area contributed by atoms with Gasteiger partial charge in [0.15, 0.2) is 5.76 Å². The molecule has 0 unspecified atom stereocenters. The summed E-state index contributed by atoms with van der Waals surface area (Å²) < 4.78 is 32.3. The molecule has 1 fully saturated rings. The summed E-state index contributed by atoms with van der Waals surface area (Å²) in [6.45, 7) is 7.61. The Morgan fingerprint density at radius 1 is 1.20 bits per heavy atom. The van der Waals surface area contributed by atoms with Crippen LogP contribution in [0.1, 0.15) is 30.0 Å². The SMILES string of the molecule is Cc1noc(C)c1S(=O)(=O)N1CCN([C@@H](C)c2cccc(Cl)c2)CC1. The number of sulfonamides is 1. The second kappa shape index (κ2) is 7.07. The maximum Gasteiger partial charge on any atom is 0.248 e. The van der Waals surface area contributed by atoms with Gasteiger partial charge in [0.05, 0.1) is 0 Å². The quantitative estimate of drug-likeness (QED) is 0.811. The zero-order valence-corrected chi connectivity index (χ0v) is 16.1. The molecule has 6 nitrogen and oxygen atoms in total. The molecule has 2 aromatic rings. The summed E-state index contributed by atoms with van der Waals surface area (Å²) in [7, 11) is -3.57. The van der Waals surface area contributed by atoms with Crippen LogP contribution in [0.5, 0.6) is 0 Å². The third kappa shape index (κ3) is 3.60. The van der Waals surface area contributed by atoms with Gasteiger partial charge in [0.2, 0.25) is 10.0 Å². The zero-order chi connectivity index (χ0) is 18.2. The Labute approximate surface area is 153 Å². The Morgan fingerprint density at radius 3 is 2.44 bits per heavy atom. The Kier molecular flexibility index (Phi) is 5.20. The summed E-state index contributed by atoms with van der Waals surface area (Å²) >= 11 is 6.08. The van der Waals surface area contributed by atoms with Crippen molar-refractivity contribution in [1.29, 1.82) is 0 Å². The number of aryl methyl sites for hydroxylation is 2. The second-order valence-corrected chi connectivity index (χ2v) is 8.64. The zero-order valence-electron chi connectivity index (χ0n) is 14.6. The lowest BCUT2D eigenvalue weighted by Gasteiger charge is -2.37. The maximum atomic E-state index is 12.9. The average molecular weight is 384 g/mol. The van der Waals surface area contributed by atoms with Gasteiger partial charge in [0.1, 0.15) is 10.6 Å². The molecule has 1 saturated heterocycles. The molecule has 0 spiro atoms. The van der Waals surface area contributed by atoms with Crippen LogP contribution in [-0.4, -0.2) is 49.0 Å². The number of benzene rings is 1. The van der Waals surface area contributed by atoms with Crippen LogP contribution in [-0.2, 0) is 10.0 Å². The number of halogens is 1. The van der Waals surface area contributed by atoms with Crippen molar-refractivity contribution in [2.24, 2.45) is 0 Å². The van der Waals surface area contributed by atoms with Gasteiger partial charge in [-0.1, -0.05) is 28.9 Å². The third-order valence-electron chi connectivity index (χ3n) is 4.72. The largest absolute Gasteiger partial charge is 0.360 e. The van der Waals surface area contributed by atoms with Crippen LogP contribution in [0, 0.1) is 13.8 Å². The predicted octanol–water partition coefficient (Wildman–Crippen LogP) is 3.01. The van der Waals surface area contributed by atoms with Gasteiger partial charge in [-0.2, -0.15) is 4.31 Å². The molecular formula is C17H22ClN3O3S. The molecule has 0 N–H and O–H groups in total. The van der Waals surface area contributed by atoms with Gasteiger partial charge in [-0.25, -0.2) is 8.42 Å². The molecule has 0 saturated carbocycles. The molecule has 25 heavy (non-hydrogen) atoms. The first-order valence-corrected chi connectivity index (χ1v) is 10.0. The summed E-state index contributed by atoms with van der Waals surface area (Å²) in [5.74, 6) is 0.340. The van der Waals surface area contributed by atoms with E-state index in [9.17, 15) is 8.42 Å². The van der Waals surface area contributed by atoms with E-state index in [2.05, 4.69) is 17.0 Å². The lowest BCUT2D eigenvalue weighted by atomic mass is 10.1. The van der Waals surface area contributed by atoms with Crippen molar-refractivity contribution in [1.82, 2.24) is 14.4 Å². The molecule has 0 amide bonds. The fourth-order valence-electron chi connectivity index (χ4n) is 3.28. The van der Waals surface area contributed by atoms with E-state index in [1.54, 1.807) is 13.8 Å². The van der Waals surface area contributed by atoms with Crippen molar-refractivity contribution in [2.45, 2.75) is 31.7 Å². The van der Waals surface area contributed by atoms with Gasteiger partial charge >= 0.3 is 0 Å². The molecular weight excluding hydrogens is 362 g/mol. The molecule has 3 rings (SSSR count). The van der Waals surface area contributed by atoms with Gasteiger partial charge in [-0.05, 0) is 38.5 Å². The summed E-state index contributed by atoms with van der Waals surface area (Å²) in [6, 6.07) is 7.98. The molecule has 1 atom stereocenters. The minimum absolute atomic E-state index is 0.183. The molecule has 1 aliphatic rings. The van der Waals surface area contributed by atoms with E-state index >= 15 is 0 Å². The normalized spacial score (nSPS) is 18.4. The third-order valence-corrected chi connectivity index (χ3v) is 7.10. The highest BCUT2D eigenvalue weighted by Crippen LogP contribution is 2.27. The smallest absolute Gasteiger partial charge is 0.248 e. The van der Waals surface area contributed by atoms with Gasteiger partial charge in [0, 0.05) is 37.2 Å². The first kappa shape index (κ1) is 18.4. The van der Waals surface area contributed by atoms with Crippen molar-refractivity contribution < 1.29 is 12.9 Å². The first-order chi connectivity index (χ1) is 11.8. The Morgan fingerprint density at radius 2 is 1.88 bits per heavy atom. The van der Waals surface area contributed by atoms with E-state index in [0.717, 1.165) is 5.56 Å². The highest BCUT2D eigenvalue weighted by molar-refractivity contribution is 7.89. The maximum absolute atomic E-state index is 12.9. The lowest BCUT2D eigenvalue weighted by molar-refractivity contribution is 0.146. The summed E-state index contributed by atoms with van der Waals surface area (Å²) in [5, 5.41) is 4.48. The lowest BCUT2D eigenvalue weighted by Crippen LogP contribution is -2.49. The molecule has 1 aliphatic heterocycles. The first-order valence-electron chi connectivity index (χ1n) is 8.23. The van der Waals surface area contributed by atoms with Crippen molar-refractivity contribution in [3.8, 4) is 0 Å². The van der Waals surface area contributed by atoms with Gasteiger partial charge in [0.25, 0.3) is 0 Å². The molecule has 0 radical (unpaired) electrons. The average Bonchev–Trinajstić information content (AvgIpc) is 2.93. The number of aromatic nitrogens is 1. The number of hydrogen-bond acceptors (Lipinski definition) is 5. The van der Waals surface area contributed by atoms with Gasteiger partial charge in [-0.15, -0.1) is 0 Å². The van der Waals surface area contributed by atoms with Crippen LogP contribution in [0.4, 0.5) is 0 Å². The van der Waals surface area contributed by atoms with Crippen molar-refractivity contribution in [3.63, 3.8) is 0 Å². The number of rotatable bonds is 4. The van der Waals surface area contributed by atoms with Crippen molar-refractivity contribution in [2.75, 3.05) is 26.2 Å². The van der Waals surface area contributed by atoms with Gasteiger partial charge < -0.3 is 4.52 Å². The molecule has 0 aliphatic carbocycles. The van der Waals surface area contributed by atoms with Crippen LogP contribution in [0.3, 0.4) is 0 Å². The van der Waals surface area contributed by atoms with E-state index in [4.69, 9.17) is 16.1 Å². The van der Waals surface area contributed by atoms with E-state index in [-0.39, 0.29) is 10.9 Å². The summed E-state index contributed by atoms with van der Waals surface area (Å²) in [6.07, 6.45) is 0. The fourth-order valence-corrected chi connectivity index (χ4v) is 5.19. The van der Waals surface area contributed by atoms with Crippen molar-refractivity contribution in [3.05, 3.63) is 46.3 Å². The van der Waals surface area contributed by atoms with E-state index in [0.29, 0.717) is 42.7 Å². The Bertz CT molecular complexity index is 838. The molecule has 2 heterocycles. The second-order valence-electron chi connectivity index (χ2n) is 6.32. The van der Waals surface area contributed by atoms with Gasteiger partial charge in [-0.3, -0.25) is 4.90 Å². The molecule has 0 bridgehead atoms. The monoisotopic (exact) mass is 383 g/mol. The molecule has 1 aromatic carbocycles. The van der Waals surface area contributed by atoms with E-state index in [1.807, 2.05) is 24.3 Å². The van der Waals surface area contributed by atoms with E-state index < -0.39 is 10.0 Å². The summed E-state index contributed by atoms with van der Waals surface area (Å²) in [5.41, 5.74) is 1.54. The molecule has 136 valence electrons. The van der Waals surface area contributed by atoms with E-state index in [1.165, 1.54) is 4.31 Å². The van der Waals surface area contributed by atoms with Crippen LogP contribution in [0.2, 0.25) is 5.02 Å². The van der Waals surface area contributed by atoms with Crippen LogP contribution < -0.4 is 0 Å². The Hall–Kier alpha value is -1.41. The predicted molar refractivity (Wildman–Crippen MR) is 96.2 cm³/mol. The molecule has 1 aromatic heterocycles.